The van der Waals surface area contributed by atoms with E-state index < -0.39 is 0 Å². The van der Waals surface area contributed by atoms with Crippen LogP contribution in [0.15, 0.2) is 36.0 Å². The summed E-state index contributed by atoms with van der Waals surface area (Å²) in [7, 11) is 0. The molecule has 1 saturated carbocycles. The van der Waals surface area contributed by atoms with Gasteiger partial charge in [-0.05, 0) is 49.4 Å². The van der Waals surface area contributed by atoms with E-state index in [0.29, 0.717) is 12.3 Å². The smallest absolute Gasteiger partial charge is 0.234 e. The summed E-state index contributed by atoms with van der Waals surface area (Å²) in [6.45, 7) is 8.61. The Morgan fingerprint density at radius 1 is 1.21 bits per heavy atom. The van der Waals surface area contributed by atoms with Gasteiger partial charge in [0.05, 0.1) is 5.75 Å². The fourth-order valence-electron chi connectivity index (χ4n) is 4.11. The van der Waals surface area contributed by atoms with Gasteiger partial charge in [0.1, 0.15) is 5.82 Å². The zero-order valence-corrected chi connectivity index (χ0v) is 18.4. The highest BCUT2D eigenvalue weighted by Gasteiger charge is 2.17. The molecule has 6 heteroatoms. The minimum Gasteiger partial charge on any atom is -0.325 e. The number of allylic oxidation sites excluding steroid dienone is 1. The van der Waals surface area contributed by atoms with Crippen LogP contribution in [-0.4, -0.2) is 26.4 Å². The summed E-state index contributed by atoms with van der Waals surface area (Å²) in [6.07, 6.45) is 10.8. The van der Waals surface area contributed by atoms with E-state index in [4.69, 9.17) is 0 Å². The van der Waals surface area contributed by atoms with Gasteiger partial charge in [-0.3, -0.25) is 4.79 Å². The molecule has 0 aliphatic heterocycles. The van der Waals surface area contributed by atoms with Crippen molar-refractivity contribution in [1.29, 1.82) is 0 Å². The third-order valence-corrected chi connectivity index (χ3v) is 6.41. The minimum atomic E-state index is -0.0306. The second kappa shape index (κ2) is 10.6. The molecular formula is C23H32N4OS. The molecule has 1 fully saturated rings. The second-order valence-corrected chi connectivity index (χ2v) is 9.00. The molecule has 1 heterocycles. The van der Waals surface area contributed by atoms with E-state index in [-0.39, 0.29) is 5.91 Å². The van der Waals surface area contributed by atoms with Crippen LogP contribution in [0.5, 0.6) is 0 Å². The number of aromatic nitrogens is 3. The highest BCUT2D eigenvalue weighted by molar-refractivity contribution is 7.99. The summed E-state index contributed by atoms with van der Waals surface area (Å²) in [5.41, 5.74) is 3.12. The first kappa shape index (κ1) is 21.6. The molecule has 1 aromatic carbocycles. The Bertz CT molecular complexity index is 819. The predicted octanol–water partition coefficient (Wildman–Crippen LogP) is 5.32. The first-order valence-electron chi connectivity index (χ1n) is 10.6. The van der Waals surface area contributed by atoms with Gasteiger partial charge in [0.15, 0.2) is 5.16 Å². The van der Waals surface area contributed by atoms with Crippen LogP contribution in [0.3, 0.4) is 0 Å². The van der Waals surface area contributed by atoms with Gasteiger partial charge >= 0.3 is 0 Å². The number of hydrogen-bond donors (Lipinski definition) is 1. The maximum atomic E-state index is 12.4. The van der Waals surface area contributed by atoms with Gasteiger partial charge in [-0.15, -0.1) is 16.8 Å². The van der Waals surface area contributed by atoms with E-state index in [9.17, 15) is 4.79 Å². The Balaban J connectivity index is 1.57. The predicted molar refractivity (Wildman–Crippen MR) is 120 cm³/mol. The van der Waals surface area contributed by atoms with Gasteiger partial charge in [0.25, 0.3) is 0 Å². The normalized spacial score (nSPS) is 14.7. The van der Waals surface area contributed by atoms with Crippen LogP contribution in [0.4, 0.5) is 5.69 Å². The Morgan fingerprint density at radius 3 is 2.62 bits per heavy atom. The molecule has 1 N–H and O–H groups in total. The summed E-state index contributed by atoms with van der Waals surface area (Å²) < 4.78 is 2.10. The van der Waals surface area contributed by atoms with Crippen LogP contribution in [0.25, 0.3) is 0 Å². The molecule has 0 spiro atoms. The lowest BCUT2D eigenvalue weighted by Gasteiger charge is -2.21. The van der Waals surface area contributed by atoms with Gasteiger partial charge in [0, 0.05) is 18.7 Å². The highest BCUT2D eigenvalue weighted by Crippen LogP contribution is 2.28. The number of thioether (sulfide) groups is 1. The lowest BCUT2D eigenvalue weighted by molar-refractivity contribution is -0.113. The Labute approximate surface area is 178 Å². The first-order valence-corrected chi connectivity index (χ1v) is 11.6. The van der Waals surface area contributed by atoms with Crippen LogP contribution >= 0.6 is 11.8 Å². The number of anilines is 1. The van der Waals surface area contributed by atoms with Crippen molar-refractivity contribution in [2.75, 3.05) is 11.1 Å². The fourth-order valence-corrected chi connectivity index (χ4v) is 4.87. The summed E-state index contributed by atoms with van der Waals surface area (Å²) in [4.78, 5) is 12.4. The molecule has 1 aromatic heterocycles. The lowest BCUT2D eigenvalue weighted by atomic mass is 9.86. The average Bonchev–Trinajstić information content (AvgIpc) is 3.07. The van der Waals surface area contributed by atoms with Crippen molar-refractivity contribution >= 4 is 23.4 Å². The number of amides is 1. The molecular weight excluding hydrogens is 380 g/mol. The van der Waals surface area contributed by atoms with Crippen LogP contribution in [0.1, 0.15) is 55.5 Å². The molecule has 0 unspecified atom stereocenters. The molecule has 0 atom stereocenters. The third-order valence-electron chi connectivity index (χ3n) is 5.44. The molecule has 5 nitrogen and oxygen atoms in total. The Kier molecular flexibility index (Phi) is 7.92. The van der Waals surface area contributed by atoms with E-state index in [1.165, 1.54) is 50.3 Å². The van der Waals surface area contributed by atoms with E-state index in [2.05, 4.69) is 32.7 Å². The molecule has 156 valence electrons. The zero-order valence-electron chi connectivity index (χ0n) is 17.6. The average molecular weight is 413 g/mol. The van der Waals surface area contributed by atoms with Crippen LogP contribution in [-0.2, 0) is 17.8 Å². The van der Waals surface area contributed by atoms with E-state index in [1.807, 2.05) is 32.1 Å². The summed E-state index contributed by atoms with van der Waals surface area (Å²) >= 11 is 1.43. The van der Waals surface area contributed by atoms with E-state index >= 15 is 0 Å². The van der Waals surface area contributed by atoms with Crippen LogP contribution in [0, 0.1) is 19.8 Å². The molecule has 0 saturated heterocycles. The van der Waals surface area contributed by atoms with Gasteiger partial charge in [0.2, 0.25) is 5.91 Å². The van der Waals surface area contributed by atoms with Gasteiger partial charge < -0.3 is 9.88 Å². The standard InChI is InChI=1S/C23H32N4OS/c1-4-12-27-21(11-10-19-8-6-5-7-9-19)25-26-23(27)29-16-22(28)24-20-14-17(2)13-18(3)15-20/h4,13-15,19H,1,5-12,16H2,2-3H3,(H,24,28). The number of nitrogens with one attached hydrogen (secondary N) is 1. The van der Waals surface area contributed by atoms with Gasteiger partial charge in [-0.25, -0.2) is 0 Å². The van der Waals surface area contributed by atoms with Gasteiger partial charge in [-0.2, -0.15) is 0 Å². The van der Waals surface area contributed by atoms with Crippen molar-refractivity contribution in [3.8, 4) is 0 Å². The number of carbonyl (C=O) groups excluding carboxylic acids is 1. The molecule has 29 heavy (non-hydrogen) atoms. The van der Waals surface area contributed by atoms with Crippen molar-refractivity contribution in [1.82, 2.24) is 14.8 Å². The van der Waals surface area contributed by atoms with E-state index in [1.54, 1.807) is 0 Å². The topological polar surface area (TPSA) is 59.8 Å². The Morgan fingerprint density at radius 2 is 1.93 bits per heavy atom. The molecule has 1 aliphatic rings. The second-order valence-electron chi connectivity index (χ2n) is 8.05. The molecule has 1 aliphatic carbocycles. The van der Waals surface area contributed by atoms with Crippen molar-refractivity contribution < 1.29 is 4.79 Å². The SMILES string of the molecule is C=CCn1c(CCC2CCCCC2)nnc1SCC(=O)Nc1cc(C)cc(C)c1. The zero-order chi connectivity index (χ0) is 20.6. The number of carbonyl (C=O) groups is 1. The number of rotatable bonds is 9. The van der Waals surface area contributed by atoms with Crippen molar-refractivity contribution in [2.45, 2.75) is 70.5 Å². The fraction of sp³-hybridized carbons (Fsp3) is 0.522. The monoisotopic (exact) mass is 412 g/mol. The largest absolute Gasteiger partial charge is 0.325 e. The van der Waals surface area contributed by atoms with Crippen LogP contribution < -0.4 is 5.32 Å². The maximum Gasteiger partial charge on any atom is 0.234 e. The molecule has 2 aromatic rings. The van der Waals surface area contributed by atoms with Crippen molar-refractivity contribution in [2.24, 2.45) is 5.92 Å². The summed E-state index contributed by atoms with van der Waals surface area (Å²) in [5.74, 6) is 2.10. The number of hydrogen-bond acceptors (Lipinski definition) is 4. The Hall–Kier alpha value is -2.08. The maximum absolute atomic E-state index is 12.4. The highest BCUT2D eigenvalue weighted by atomic mass is 32.2. The third kappa shape index (κ3) is 6.46. The lowest BCUT2D eigenvalue weighted by Crippen LogP contribution is -2.15. The molecule has 3 rings (SSSR count). The molecule has 0 radical (unpaired) electrons. The summed E-state index contributed by atoms with van der Waals surface area (Å²) in [5, 5.41) is 12.5. The van der Waals surface area contributed by atoms with Gasteiger partial charge in [-0.1, -0.05) is 56.0 Å². The summed E-state index contributed by atoms with van der Waals surface area (Å²) in [6, 6.07) is 6.06. The van der Waals surface area contributed by atoms with Crippen molar-refractivity contribution in [3.05, 3.63) is 47.8 Å². The van der Waals surface area contributed by atoms with Crippen LogP contribution in [0.2, 0.25) is 0 Å². The minimum absolute atomic E-state index is 0.0306. The molecule has 0 bridgehead atoms. The first-order chi connectivity index (χ1) is 14.0. The van der Waals surface area contributed by atoms with Crippen molar-refractivity contribution in [3.63, 3.8) is 0 Å². The number of nitrogens with zero attached hydrogens (tertiary/aromatic N) is 3. The molecule has 1 amide bonds. The number of aryl methyl sites for hydroxylation is 3. The van der Waals surface area contributed by atoms with E-state index in [0.717, 1.165) is 40.1 Å². The number of benzene rings is 1. The quantitative estimate of drug-likeness (QED) is 0.447.